The Labute approximate surface area is 421 Å². The van der Waals surface area contributed by atoms with Gasteiger partial charge in [-0.2, -0.15) is 0 Å². The molecule has 0 amide bonds. The third kappa shape index (κ3) is 26.7. The van der Waals surface area contributed by atoms with Gasteiger partial charge < -0.3 is 76.6 Å². The van der Waals surface area contributed by atoms with E-state index in [2.05, 4.69) is 19.9 Å². The molecule has 27 nitrogen and oxygen atoms in total. The minimum atomic E-state index is -1.75. The molecule has 1 aliphatic carbocycles. The first-order valence-corrected chi connectivity index (χ1v) is 18.6. The van der Waals surface area contributed by atoms with Gasteiger partial charge in [0.05, 0.1) is 43.1 Å². The number of pyridine rings is 4. The maximum atomic E-state index is 8.25. The summed E-state index contributed by atoms with van der Waals surface area (Å²) in [6, 6.07) is 23.5. The van der Waals surface area contributed by atoms with Crippen molar-refractivity contribution in [3.63, 3.8) is 0 Å². The third-order valence-corrected chi connectivity index (χ3v) is 7.25. The summed E-state index contributed by atoms with van der Waals surface area (Å²) >= 11 is 0. The smallest absolute Gasteiger partial charge is 0.397 e. The molecule has 0 aliphatic heterocycles. The van der Waals surface area contributed by atoms with Crippen molar-refractivity contribution in [1.29, 1.82) is 0 Å². The third-order valence-electron chi connectivity index (χ3n) is 7.25. The molecule has 0 aromatic carbocycles. The van der Waals surface area contributed by atoms with Gasteiger partial charge >= 0.3 is 54.6 Å². The monoisotopic (exact) mass is 1130 g/mol. The van der Waals surface area contributed by atoms with Crippen LogP contribution in [0, 0.1) is 61.3 Å². The summed E-state index contributed by atoms with van der Waals surface area (Å²) in [5.41, 5.74) is 11.1. The fraction of sp³-hybridized carbons (Fsp3) is 0.263. The van der Waals surface area contributed by atoms with Crippen molar-refractivity contribution in [3.8, 4) is 45.6 Å². The van der Waals surface area contributed by atoms with Crippen LogP contribution >= 0.6 is 0 Å². The van der Waals surface area contributed by atoms with Crippen LogP contribution in [0.1, 0.15) is 43.0 Å². The van der Waals surface area contributed by atoms with Crippen molar-refractivity contribution < 1.29 is 90.3 Å². The molecule has 0 saturated carbocycles. The average molecular weight is 1130 g/mol. The van der Waals surface area contributed by atoms with Crippen LogP contribution in [0.2, 0.25) is 0 Å². The number of hydrogen-bond donors (Lipinski definition) is 3. The Hall–Kier alpha value is -6.72. The van der Waals surface area contributed by atoms with Gasteiger partial charge in [-0.25, -0.2) is 0 Å². The molecule has 6 aromatic rings. The molecule has 348 valence electrons. The molecule has 6 aromatic heterocycles. The van der Waals surface area contributed by atoms with E-state index in [0.717, 1.165) is 93.5 Å². The van der Waals surface area contributed by atoms with E-state index in [0.29, 0.717) is 0 Å². The minimum Gasteiger partial charge on any atom is -0.397 e. The van der Waals surface area contributed by atoms with Crippen LogP contribution < -0.4 is 0 Å². The van der Waals surface area contributed by atoms with Gasteiger partial charge in [-0.3, -0.25) is 19.9 Å². The Balaban J connectivity index is -0.00000127. The summed E-state index contributed by atoms with van der Waals surface area (Å²) in [7, 11) is 0. The molecule has 0 bridgehead atoms. The minimum absolute atomic E-state index is 0. The van der Waals surface area contributed by atoms with Crippen molar-refractivity contribution in [2.24, 2.45) is 0 Å². The summed E-state index contributed by atoms with van der Waals surface area (Å²) in [5, 5.41) is 101. The topological polar surface area (TPSA) is 429 Å². The molecule has 67 heavy (non-hydrogen) atoms. The quantitative estimate of drug-likeness (QED) is 0.125. The van der Waals surface area contributed by atoms with E-state index in [9.17, 15) is 0 Å². The van der Waals surface area contributed by atoms with Crippen LogP contribution in [0.4, 0.5) is 0 Å². The number of aliphatic hydroxyl groups is 3. The zero-order chi connectivity index (χ0) is 49.2. The summed E-state index contributed by atoms with van der Waals surface area (Å²) in [6.45, 7) is 5.79. The fourth-order valence-corrected chi connectivity index (χ4v) is 5.42. The molecule has 0 fully saturated rings. The van der Waals surface area contributed by atoms with Crippen LogP contribution in [-0.2, 0) is 80.3 Å². The molecular weight excluding hydrogens is 1090 g/mol. The van der Waals surface area contributed by atoms with Gasteiger partial charge in [0.1, 0.15) is 22.8 Å². The molecule has 0 spiro atoms. The van der Waals surface area contributed by atoms with Crippen molar-refractivity contribution in [1.82, 2.24) is 40.3 Å². The zero-order valence-corrected chi connectivity index (χ0v) is 44.3. The summed E-state index contributed by atoms with van der Waals surface area (Å²) < 4.78 is 0. The van der Waals surface area contributed by atoms with Gasteiger partial charge in [-0.1, -0.05) is 24.3 Å². The van der Waals surface area contributed by atoms with Crippen molar-refractivity contribution in [3.05, 3.63) is 181 Å². The molecular formula is C38H42Cd2N12O15. The van der Waals surface area contributed by atoms with Gasteiger partial charge in [0.2, 0.25) is 0 Å². The predicted octanol–water partition coefficient (Wildman–Crippen LogP) is 4.43. The molecule has 7 rings (SSSR count). The summed E-state index contributed by atoms with van der Waals surface area (Å²) in [6.07, 6.45) is 10.1. The molecule has 1 aliphatic rings. The molecule has 6 heterocycles. The van der Waals surface area contributed by atoms with Crippen LogP contribution in [0.15, 0.2) is 97.6 Å². The normalized spacial score (nSPS) is 9.76. The molecule has 3 N–H and O–H groups in total. The van der Waals surface area contributed by atoms with E-state index in [1.54, 1.807) is 45.6 Å². The van der Waals surface area contributed by atoms with Crippen molar-refractivity contribution in [2.75, 3.05) is 19.8 Å². The molecule has 0 radical (unpaired) electrons. The first-order valence-electron chi connectivity index (χ1n) is 18.6. The number of aromatic nitrogens is 8. The Bertz CT molecular complexity index is 1970. The van der Waals surface area contributed by atoms with Crippen LogP contribution in [0.5, 0.6) is 0 Å². The SMILES string of the molecule is CCO.CCO.CCO.O=[N+]([O-])[O-].O=[N+]([O-])[O-].O=[N+]([O-])[O-].O=[N+]([O-])[O-].[Cd+2].[Cd+2].c1ccc(-c2nnc(-c3ccccn3)c3c2CCc2c(-c4ccccn4)nnc(-c4ccccn4)c2CC3)nc1. The summed E-state index contributed by atoms with van der Waals surface area (Å²) in [4.78, 5) is 51.5. The van der Waals surface area contributed by atoms with E-state index < -0.39 is 20.3 Å². The zero-order valence-electron chi connectivity index (χ0n) is 36.2. The fourth-order valence-electron chi connectivity index (χ4n) is 5.42. The second-order valence-corrected chi connectivity index (χ2v) is 11.4. The van der Waals surface area contributed by atoms with Crippen molar-refractivity contribution in [2.45, 2.75) is 46.5 Å². The molecule has 29 heteroatoms. The maximum absolute atomic E-state index is 8.25. The van der Waals surface area contributed by atoms with E-state index in [4.69, 9.17) is 97.0 Å². The average Bonchev–Trinajstić information content (AvgIpc) is 3.25. The van der Waals surface area contributed by atoms with E-state index in [-0.39, 0.29) is 74.4 Å². The molecule has 0 atom stereocenters. The van der Waals surface area contributed by atoms with E-state index in [1.165, 1.54) is 0 Å². The van der Waals surface area contributed by atoms with Gasteiger partial charge in [0, 0.05) is 44.6 Å². The first kappa shape index (κ1) is 64.6. The maximum Gasteiger partial charge on any atom is 2.00 e. The van der Waals surface area contributed by atoms with Crippen LogP contribution in [0.25, 0.3) is 45.6 Å². The summed E-state index contributed by atoms with van der Waals surface area (Å²) in [5.74, 6) is 0. The predicted molar refractivity (Wildman–Crippen MR) is 232 cm³/mol. The van der Waals surface area contributed by atoms with Gasteiger partial charge in [0.25, 0.3) is 0 Å². The molecule has 0 saturated heterocycles. The van der Waals surface area contributed by atoms with E-state index >= 15 is 0 Å². The van der Waals surface area contributed by atoms with Crippen LogP contribution in [0.3, 0.4) is 0 Å². The molecule has 0 unspecified atom stereocenters. The second kappa shape index (κ2) is 38.5. The largest absolute Gasteiger partial charge is 2.00 e. The van der Waals surface area contributed by atoms with E-state index in [1.807, 2.05) is 72.8 Å². The number of aliphatic hydroxyl groups excluding tert-OH is 3. The first-order chi connectivity index (χ1) is 31.0. The Morgan fingerprint density at radius 2 is 0.537 bits per heavy atom. The standard InChI is InChI=1S/C32H24N8.3C2H6O.2Cd.4NO3/c1-5-17-33-25(9-1)29-21-13-14-23-24(16-15-22(21)30(38-37-29)26-10-2-6-18-34-26)32(28-12-4-8-20-36-28)40-39-31(23)27-11-3-7-19-35-27;3*1-2-3;;;4*2-1(3)4/h1-12,17-20H,13-16H2;3*3H,2H2,1H3;;;;;;/q;;;;2*+2;4*-1. The van der Waals surface area contributed by atoms with Crippen LogP contribution in [-0.4, -0.2) is 95.8 Å². The number of rotatable bonds is 4. The second-order valence-electron chi connectivity index (χ2n) is 11.4. The Kier molecular flexibility index (Phi) is 37.1. The van der Waals surface area contributed by atoms with Crippen molar-refractivity contribution >= 4 is 0 Å². The van der Waals surface area contributed by atoms with Gasteiger partial charge in [-0.15, -0.1) is 20.4 Å². The number of nitrogens with zero attached hydrogens (tertiary/aromatic N) is 12. The van der Waals surface area contributed by atoms with Gasteiger partial charge in [-0.05, 0) is 117 Å². The Morgan fingerprint density at radius 3 is 0.657 bits per heavy atom. The number of hydrogen-bond acceptors (Lipinski definition) is 23. The number of fused-ring (bicyclic) bond motifs is 2. The van der Waals surface area contributed by atoms with Gasteiger partial charge in [0.15, 0.2) is 0 Å². The Morgan fingerprint density at radius 1 is 0.388 bits per heavy atom.